The molecular formula is C57H91NO12. The molecule has 2 N–H and O–H groups in total. The molecule has 3 fully saturated rings. The first-order valence-corrected chi connectivity index (χ1v) is 26.2. The van der Waals surface area contributed by atoms with Gasteiger partial charge in [0.05, 0.1) is 24.2 Å². The predicted octanol–water partition coefficient (Wildman–Crippen LogP) is 9.63. The molecule has 0 radical (unpaired) electrons. The molecule has 0 aromatic carbocycles. The summed E-state index contributed by atoms with van der Waals surface area (Å²) in [4.78, 5) is 69.6. The zero-order valence-corrected chi connectivity index (χ0v) is 45.2. The van der Waals surface area contributed by atoms with Crippen LogP contribution in [0.2, 0.25) is 0 Å². The summed E-state index contributed by atoms with van der Waals surface area (Å²) in [6.45, 7) is 21.6. The lowest BCUT2D eigenvalue weighted by molar-refractivity contribution is -0.161. The van der Waals surface area contributed by atoms with E-state index in [1.54, 1.807) is 39.0 Å². The van der Waals surface area contributed by atoms with Crippen molar-refractivity contribution in [3.05, 3.63) is 59.4 Å². The lowest BCUT2D eigenvalue weighted by atomic mass is 9.76. The van der Waals surface area contributed by atoms with E-state index in [-0.39, 0.29) is 82.5 Å². The Morgan fingerprint density at radius 1 is 0.886 bits per heavy atom. The maximum Gasteiger partial charge on any atom is 0.333 e. The summed E-state index contributed by atoms with van der Waals surface area (Å²) in [6, 6.07) is -0.778. The van der Waals surface area contributed by atoms with Gasteiger partial charge in [-0.05, 0) is 106 Å². The number of carbonyl (C=O) groups is 5. The highest BCUT2D eigenvalue weighted by atomic mass is 16.6. The van der Waals surface area contributed by atoms with Gasteiger partial charge < -0.3 is 38.8 Å². The molecule has 14 unspecified atom stereocenters. The second-order valence-corrected chi connectivity index (χ2v) is 21.6. The van der Waals surface area contributed by atoms with Crippen LogP contribution >= 0.6 is 0 Å². The van der Waals surface area contributed by atoms with Gasteiger partial charge in [0.2, 0.25) is 5.91 Å². The smallest absolute Gasteiger partial charge is 0.333 e. The maximum absolute atomic E-state index is 14.2. The second-order valence-electron chi connectivity index (χ2n) is 21.6. The monoisotopic (exact) mass is 982 g/mol. The van der Waals surface area contributed by atoms with Crippen molar-refractivity contribution >= 4 is 29.4 Å². The number of methoxy groups -OCH3 is 3. The van der Waals surface area contributed by atoms with Gasteiger partial charge in [0, 0.05) is 64.0 Å². The van der Waals surface area contributed by atoms with E-state index in [2.05, 4.69) is 20.8 Å². The van der Waals surface area contributed by atoms with Crippen LogP contribution in [0.1, 0.15) is 153 Å². The topological polar surface area (TPSA) is 175 Å². The van der Waals surface area contributed by atoms with E-state index in [9.17, 15) is 34.2 Å². The van der Waals surface area contributed by atoms with E-state index in [0.29, 0.717) is 50.6 Å². The number of cyclic esters (lactones) is 1. The molecule has 13 nitrogen and oxygen atoms in total. The molecule has 0 spiro atoms. The molecule has 3 aliphatic rings. The Labute approximate surface area is 420 Å². The van der Waals surface area contributed by atoms with Crippen LogP contribution in [-0.2, 0) is 47.7 Å². The Bertz CT molecular complexity index is 1880. The number of allylic oxidation sites excluding steroid dienone is 8. The number of esters is 2. The van der Waals surface area contributed by atoms with E-state index in [1.807, 2.05) is 71.9 Å². The molecule has 14 atom stereocenters. The molecule has 0 aromatic rings. The zero-order valence-electron chi connectivity index (χ0n) is 45.2. The van der Waals surface area contributed by atoms with Crippen molar-refractivity contribution in [3.8, 4) is 0 Å². The minimum Gasteiger partial charge on any atom is -0.462 e. The average molecular weight is 982 g/mol. The lowest BCUT2D eigenvalue weighted by Gasteiger charge is -2.39. The molecular weight excluding hydrogens is 891 g/mol. The molecule has 1 aliphatic carbocycles. The maximum atomic E-state index is 14.2. The Morgan fingerprint density at radius 2 is 1.59 bits per heavy atom. The molecule has 3 rings (SSSR count). The van der Waals surface area contributed by atoms with Gasteiger partial charge >= 0.3 is 11.9 Å². The van der Waals surface area contributed by atoms with E-state index in [1.165, 1.54) is 13.2 Å². The summed E-state index contributed by atoms with van der Waals surface area (Å²) < 4.78 is 28.7. The van der Waals surface area contributed by atoms with Gasteiger partial charge in [-0.2, -0.15) is 0 Å². The number of rotatable bonds is 26. The molecule has 13 heteroatoms. The Morgan fingerprint density at radius 3 is 2.21 bits per heavy atom. The zero-order chi connectivity index (χ0) is 52.5. The lowest BCUT2D eigenvalue weighted by Crippen LogP contribution is -2.52. The number of piperidine rings is 1. The van der Waals surface area contributed by atoms with Crippen molar-refractivity contribution in [1.82, 2.24) is 4.90 Å². The number of ether oxygens (including phenoxy) is 5. The Balaban J connectivity index is 1.72. The first kappa shape index (κ1) is 60.6. The number of hydrogen-bond acceptors (Lipinski definition) is 12. The Hall–Kier alpha value is -3.75. The number of hydrogen-bond donors (Lipinski definition) is 2. The van der Waals surface area contributed by atoms with E-state index >= 15 is 0 Å². The number of Topliss-reactive ketones (excluding diaryl/α,β-unsaturated/α-hetero) is 1. The van der Waals surface area contributed by atoms with Crippen molar-refractivity contribution in [1.29, 1.82) is 0 Å². The van der Waals surface area contributed by atoms with Gasteiger partial charge in [-0.15, -0.1) is 0 Å². The average Bonchev–Trinajstić information content (AvgIpc) is 3.33. The number of amides is 1. The fraction of sp³-hybridized carbons (Fsp3) is 0.737. The quantitative estimate of drug-likeness (QED) is 0.0277. The first-order chi connectivity index (χ1) is 33.0. The minimum atomic E-state index is -1.31. The number of nitrogens with zero attached hydrogens (tertiary/aromatic N) is 1. The van der Waals surface area contributed by atoms with Crippen LogP contribution in [0.3, 0.4) is 0 Å². The highest BCUT2D eigenvalue weighted by Gasteiger charge is 2.41. The van der Waals surface area contributed by atoms with Crippen molar-refractivity contribution in [2.75, 3.05) is 27.9 Å². The predicted molar refractivity (Wildman–Crippen MR) is 273 cm³/mol. The van der Waals surface area contributed by atoms with Gasteiger partial charge in [-0.25, -0.2) is 4.79 Å². The van der Waals surface area contributed by atoms with Gasteiger partial charge in [-0.3, -0.25) is 19.2 Å². The third-order valence-corrected chi connectivity index (χ3v) is 15.7. The molecule has 2 saturated heterocycles. The highest BCUT2D eigenvalue weighted by molar-refractivity contribution is 5.94. The van der Waals surface area contributed by atoms with Crippen LogP contribution in [0.15, 0.2) is 59.4 Å². The van der Waals surface area contributed by atoms with Gasteiger partial charge in [0.15, 0.2) is 11.6 Å². The minimum absolute atomic E-state index is 0.0368. The summed E-state index contributed by atoms with van der Waals surface area (Å²) in [5, 5.41) is 22.0. The van der Waals surface area contributed by atoms with Crippen LogP contribution in [0.5, 0.6) is 0 Å². The highest BCUT2D eigenvalue weighted by Crippen LogP contribution is 2.36. The fourth-order valence-electron chi connectivity index (χ4n) is 9.98. The van der Waals surface area contributed by atoms with Crippen LogP contribution in [0.25, 0.3) is 0 Å². The van der Waals surface area contributed by atoms with Crippen molar-refractivity contribution in [2.24, 2.45) is 46.8 Å². The summed E-state index contributed by atoms with van der Waals surface area (Å²) in [7, 11) is 4.64. The van der Waals surface area contributed by atoms with Crippen LogP contribution < -0.4 is 0 Å². The summed E-state index contributed by atoms with van der Waals surface area (Å²) >= 11 is 0. The molecule has 396 valence electrons. The van der Waals surface area contributed by atoms with Crippen molar-refractivity contribution in [3.63, 3.8) is 0 Å². The summed E-state index contributed by atoms with van der Waals surface area (Å²) in [5.41, 5.74) is 1.16. The normalized spacial score (nSPS) is 26.8. The van der Waals surface area contributed by atoms with Crippen LogP contribution in [0.4, 0.5) is 0 Å². The number of aliphatic hydroxyl groups is 2. The van der Waals surface area contributed by atoms with Gasteiger partial charge in [0.25, 0.3) is 0 Å². The third kappa shape index (κ3) is 17.8. The van der Waals surface area contributed by atoms with Crippen LogP contribution in [-0.4, -0.2) is 115 Å². The number of aliphatic hydroxyl groups excluding tert-OH is 2. The fourth-order valence-corrected chi connectivity index (χ4v) is 9.98. The number of likely N-dealkylation sites (tertiary alicyclic amines) is 1. The summed E-state index contributed by atoms with van der Waals surface area (Å²) in [5.74, 6) is -2.90. The standard InChI is InChI=1S/C57H91NO12/c1-15-57(10,11)42(9)54(63)58-28-20-19-23-45(58)56(65)70-49(39(6)31-43-25-27-46(59)50(32-43)67-13)34-47(60)38(5)30-41(8)52(62)53(68-14)51(61)40(7)29-35(2)21-17-16-18-22-36(3)48(66-12)33-44-26-24-37(4)55(64)69-44/h16-18,21-22,30,34-35,37-40,42-46,48,50,52-53,59,62H,15,19-20,23-29,31-33H2,1-14H3/b18-16+,21-17+,36-22+,41-30+,49-34?. The molecule has 2 aliphatic heterocycles. The first-order valence-electron chi connectivity index (χ1n) is 26.2. The number of ketones is 2. The van der Waals surface area contributed by atoms with Gasteiger partial charge in [0.1, 0.15) is 30.1 Å². The molecule has 0 aromatic heterocycles. The van der Waals surface area contributed by atoms with E-state index in [4.69, 9.17) is 23.7 Å². The summed E-state index contributed by atoms with van der Waals surface area (Å²) in [6.07, 6.45) is 17.3. The van der Waals surface area contributed by atoms with Gasteiger partial charge in [-0.1, -0.05) is 105 Å². The molecule has 1 amide bonds. The van der Waals surface area contributed by atoms with Crippen LogP contribution in [0, 0.1) is 46.8 Å². The molecule has 0 bridgehead atoms. The largest absolute Gasteiger partial charge is 0.462 e. The van der Waals surface area contributed by atoms with E-state index in [0.717, 1.165) is 44.1 Å². The molecule has 1 saturated carbocycles. The SMILES string of the molecule is CCC(C)(C)C(C)C(=O)N1CCCCC1C(=O)OC(=CC(=O)C(C)/C=C(\C)C(O)C(OC)C(=O)C(C)CC(C)/C=C/C=C/C=C(\C)C(CC1CCC(C)C(=O)O1)OC)C(C)CC1CCC(O)C(OC)C1. The molecule has 70 heavy (non-hydrogen) atoms. The second kappa shape index (κ2) is 29.1. The van der Waals surface area contributed by atoms with Crippen molar-refractivity contribution in [2.45, 2.75) is 196 Å². The molecule has 2 heterocycles. The van der Waals surface area contributed by atoms with Crippen molar-refractivity contribution < 1.29 is 57.9 Å². The third-order valence-electron chi connectivity index (χ3n) is 15.7. The van der Waals surface area contributed by atoms with E-state index < -0.39 is 42.2 Å². The Kier molecular flexibility index (Phi) is 25.2. The number of carbonyl (C=O) groups excluding carboxylic acids is 5.